The van der Waals surface area contributed by atoms with Crippen molar-refractivity contribution in [3.63, 3.8) is 0 Å². The summed E-state index contributed by atoms with van der Waals surface area (Å²) in [5.74, 6) is -0.162. The van der Waals surface area contributed by atoms with Gasteiger partial charge in [0.05, 0.1) is 4.90 Å². The molecule has 0 radical (unpaired) electrons. The van der Waals surface area contributed by atoms with E-state index >= 15 is 0 Å². The fraction of sp³-hybridized carbons (Fsp3) is 0.294. The molecule has 0 aliphatic rings. The van der Waals surface area contributed by atoms with Gasteiger partial charge in [-0.15, -0.1) is 0 Å². The maximum atomic E-state index is 14.2. The summed E-state index contributed by atoms with van der Waals surface area (Å²) in [6, 6.07) is 13.4. The van der Waals surface area contributed by atoms with Gasteiger partial charge in [0.2, 0.25) is 0 Å². The van der Waals surface area contributed by atoms with Gasteiger partial charge in [-0.1, -0.05) is 46.7 Å². The Morgan fingerprint density at radius 1 is 1.19 bits per heavy atom. The summed E-state index contributed by atoms with van der Waals surface area (Å²) in [4.78, 5) is 1.74. The second kappa shape index (κ2) is 7.97. The van der Waals surface area contributed by atoms with E-state index in [2.05, 4.69) is 35.1 Å². The maximum absolute atomic E-state index is 14.2. The van der Waals surface area contributed by atoms with E-state index < -0.39 is 0 Å². The first-order valence-corrected chi connectivity index (χ1v) is 8.68. The summed E-state index contributed by atoms with van der Waals surface area (Å²) >= 11 is 4.89. The van der Waals surface area contributed by atoms with Crippen LogP contribution in [0.3, 0.4) is 0 Å². The Labute approximate surface area is 138 Å². The number of halogens is 2. The van der Waals surface area contributed by atoms with Gasteiger partial charge < -0.3 is 5.32 Å². The van der Waals surface area contributed by atoms with E-state index in [4.69, 9.17) is 0 Å². The second-order valence-corrected chi connectivity index (χ2v) is 6.89. The van der Waals surface area contributed by atoms with E-state index in [1.807, 2.05) is 30.3 Å². The second-order valence-electron chi connectivity index (χ2n) is 4.89. The first kappa shape index (κ1) is 16.5. The molecule has 0 fully saturated rings. The highest BCUT2D eigenvalue weighted by Crippen LogP contribution is 2.35. The number of benzene rings is 2. The molecule has 0 aliphatic carbocycles. The molecular formula is C17H19BrFNS. The average molecular weight is 368 g/mol. The minimum absolute atomic E-state index is 0.138. The summed E-state index contributed by atoms with van der Waals surface area (Å²) in [6.45, 7) is 5.14. The van der Waals surface area contributed by atoms with E-state index in [0.717, 1.165) is 27.9 Å². The quantitative estimate of drug-likeness (QED) is 0.692. The lowest BCUT2D eigenvalue weighted by molar-refractivity contribution is 0.543. The molecule has 0 bridgehead atoms. The van der Waals surface area contributed by atoms with E-state index in [1.165, 1.54) is 17.8 Å². The highest BCUT2D eigenvalue weighted by molar-refractivity contribution is 9.10. The van der Waals surface area contributed by atoms with Crippen molar-refractivity contribution >= 4 is 27.7 Å². The zero-order valence-corrected chi connectivity index (χ0v) is 14.6. The Morgan fingerprint density at radius 2 is 1.90 bits per heavy atom. The van der Waals surface area contributed by atoms with Crippen molar-refractivity contribution in [1.82, 2.24) is 5.32 Å². The predicted molar refractivity (Wildman–Crippen MR) is 91.4 cm³/mol. The van der Waals surface area contributed by atoms with E-state index in [-0.39, 0.29) is 11.9 Å². The maximum Gasteiger partial charge on any atom is 0.137 e. The van der Waals surface area contributed by atoms with Crippen LogP contribution >= 0.6 is 27.7 Å². The van der Waals surface area contributed by atoms with Crippen LogP contribution in [0.4, 0.5) is 4.39 Å². The van der Waals surface area contributed by atoms with E-state index in [0.29, 0.717) is 4.90 Å². The molecule has 1 N–H and O–H groups in total. The molecule has 112 valence electrons. The molecule has 2 rings (SSSR count). The van der Waals surface area contributed by atoms with Gasteiger partial charge in [0.15, 0.2) is 0 Å². The largest absolute Gasteiger partial charge is 0.310 e. The molecular weight excluding hydrogens is 349 g/mol. The lowest BCUT2D eigenvalue weighted by atomic mass is 10.1. The smallest absolute Gasteiger partial charge is 0.137 e. The van der Waals surface area contributed by atoms with Crippen molar-refractivity contribution in [2.45, 2.75) is 36.1 Å². The fourth-order valence-corrected chi connectivity index (χ4v) is 3.37. The van der Waals surface area contributed by atoms with Crippen molar-refractivity contribution in [2.75, 3.05) is 6.54 Å². The first-order valence-electron chi connectivity index (χ1n) is 7.07. The molecule has 0 amide bonds. The van der Waals surface area contributed by atoms with Crippen LogP contribution in [-0.4, -0.2) is 6.54 Å². The summed E-state index contributed by atoms with van der Waals surface area (Å²) in [7, 11) is 0. The van der Waals surface area contributed by atoms with Crippen molar-refractivity contribution in [3.05, 3.63) is 58.3 Å². The van der Waals surface area contributed by atoms with E-state index in [9.17, 15) is 4.39 Å². The molecule has 0 aliphatic heterocycles. The molecule has 1 atom stereocenters. The normalized spacial score (nSPS) is 12.4. The van der Waals surface area contributed by atoms with Crippen molar-refractivity contribution in [1.29, 1.82) is 0 Å². The van der Waals surface area contributed by atoms with Crippen LogP contribution in [0.25, 0.3) is 0 Å². The van der Waals surface area contributed by atoms with Gasteiger partial charge in [-0.25, -0.2) is 4.39 Å². The third-order valence-corrected chi connectivity index (χ3v) is 4.87. The monoisotopic (exact) mass is 367 g/mol. The van der Waals surface area contributed by atoms with Gasteiger partial charge in [0.1, 0.15) is 5.82 Å². The Kier molecular flexibility index (Phi) is 6.27. The first-order chi connectivity index (χ1) is 10.1. The Balaban J connectivity index is 2.26. The number of rotatable bonds is 6. The zero-order valence-electron chi connectivity index (χ0n) is 12.2. The van der Waals surface area contributed by atoms with Crippen LogP contribution in [0.1, 0.15) is 31.9 Å². The molecule has 0 heterocycles. The van der Waals surface area contributed by atoms with Crippen LogP contribution in [0.15, 0.2) is 56.7 Å². The number of hydrogen-bond acceptors (Lipinski definition) is 2. The zero-order chi connectivity index (χ0) is 15.2. The van der Waals surface area contributed by atoms with Crippen LogP contribution in [-0.2, 0) is 0 Å². The van der Waals surface area contributed by atoms with Crippen molar-refractivity contribution in [3.8, 4) is 0 Å². The van der Waals surface area contributed by atoms with Crippen molar-refractivity contribution < 1.29 is 4.39 Å². The Hall–Kier alpha value is -0.840. The minimum atomic E-state index is -0.162. The Bertz CT molecular complexity index is 586. The lowest BCUT2D eigenvalue weighted by Gasteiger charge is -2.18. The topological polar surface area (TPSA) is 12.0 Å². The highest BCUT2D eigenvalue weighted by atomic mass is 79.9. The van der Waals surface area contributed by atoms with Crippen molar-refractivity contribution in [2.24, 2.45) is 0 Å². The lowest BCUT2D eigenvalue weighted by Crippen LogP contribution is -2.20. The van der Waals surface area contributed by atoms with Gasteiger partial charge in [-0.05, 0) is 55.8 Å². The molecule has 0 saturated carbocycles. The molecule has 0 saturated heterocycles. The third-order valence-electron chi connectivity index (χ3n) is 3.20. The summed E-state index contributed by atoms with van der Waals surface area (Å²) in [5, 5.41) is 3.42. The van der Waals surface area contributed by atoms with Gasteiger partial charge in [0, 0.05) is 15.4 Å². The highest BCUT2D eigenvalue weighted by Gasteiger charge is 2.15. The SMILES string of the molecule is CCCNC(C)c1cccc(F)c1Sc1ccc(Br)cc1. The third kappa shape index (κ3) is 4.56. The van der Waals surface area contributed by atoms with Crippen LogP contribution in [0.5, 0.6) is 0 Å². The molecule has 21 heavy (non-hydrogen) atoms. The summed E-state index contributed by atoms with van der Waals surface area (Å²) in [5.41, 5.74) is 1.01. The molecule has 4 heteroatoms. The molecule has 1 unspecified atom stereocenters. The predicted octanol–water partition coefficient (Wildman–Crippen LogP) is 5.80. The fourth-order valence-electron chi connectivity index (χ4n) is 2.07. The minimum Gasteiger partial charge on any atom is -0.310 e. The van der Waals surface area contributed by atoms with Gasteiger partial charge in [-0.3, -0.25) is 0 Å². The average Bonchev–Trinajstić information content (AvgIpc) is 2.49. The van der Waals surface area contributed by atoms with Crippen LogP contribution in [0, 0.1) is 5.82 Å². The summed E-state index contributed by atoms with van der Waals surface area (Å²) < 4.78 is 15.3. The van der Waals surface area contributed by atoms with Crippen LogP contribution < -0.4 is 5.32 Å². The van der Waals surface area contributed by atoms with Gasteiger partial charge in [0.25, 0.3) is 0 Å². The molecule has 0 aromatic heterocycles. The van der Waals surface area contributed by atoms with E-state index in [1.54, 1.807) is 6.07 Å². The molecule has 0 spiro atoms. The van der Waals surface area contributed by atoms with Gasteiger partial charge in [-0.2, -0.15) is 0 Å². The molecule has 2 aromatic rings. The Morgan fingerprint density at radius 3 is 2.57 bits per heavy atom. The standard InChI is InChI=1S/C17H19BrFNS/c1-3-11-20-12(2)15-5-4-6-16(19)17(15)21-14-9-7-13(18)8-10-14/h4-10,12,20H,3,11H2,1-2H3. The molecule has 1 nitrogen and oxygen atoms in total. The number of nitrogens with one attached hydrogen (secondary N) is 1. The number of hydrogen-bond donors (Lipinski definition) is 1. The van der Waals surface area contributed by atoms with Gasteiger partial charge >= 0.3 is 0 Å². The summed E-state index contributed by atoms with van der Waals surface area (Å²) in [6.07, 6.45) is 1.06. The van der Waals surface area contributed by atoms with Crippen LogP contribution in [0.2, 0.25) is 0 Å². The molecule has 2 aromatic carbocycles.